The first kappa shape index (κ1) is 22.9. The molecule has 3 aromatic carbocycles. The number of aryl methyl sites for hydroxylation is 2. The van der Waals surface area contributed by atoms with Crippen molar-refractivity contribution in [3.05, 3.63) is 93.5 Å². The van der Waals surface area contributed by atoms with Crippen molar-refractivity contribution >= 4 is 29.3 Å². The number of halogens is 1. The van der Waals surface area contributed by atoms with Gasteiger partial charge in [-0.15, -0.1) is 0 Å². The van der Waals surface area contributed by atoms with Crippen LogP contribution in [0.25, 0.3) is 6.08 Å². The average molecular weight is 447 g/mol. The smallest absolute Gasteiger partial charge is 0.266 e. The molecule has 1 N–H and O–H groups in total. The minimum absolute atomic E-state index is 0.0582. The number of methoxy groups -OCH3 is 1. The number of rotatable bonds is 7. The summed E-state index contributed by atoms with van der Waals surface area (Å²) in [5.41, 5.74) is 4.31. The standard InChI is InChI=1S/C26H23ClN2O3/c1-17-7-9-22(10-8-17)29-26(30)21(15-28)12-20-13-23(27)25(24(14-20)31-3)32-16-19-6-4-5-18(2)11-19/h4-14H,16H2,1-3H3,(H,29,30)/b21-12+. The Morgan fingerprint density at radius 2 is 1.84 bits per heavy atom. The molecule has 0 saturated carbocycles. The van der Waals surface area contributed by atoms with E-state index in [1.807, 2.05) is 56.3 Å². The van der Waals surface area contributed by atoms with Crippen LogP contribution in [0.3, 0.4) is 0 Å². The molecule has 0 unspecified atom stereocenters. The molecule has 0 saturated heterocycles. The molecule has 0 fully saturated rings. The molecule has 6 heteroatoms. The molecule has 0 spiro atoms. The molecule has 32 heavy (non-hydrogen) atoms. The van der Waals surface area contributed by atoms with Gasteiger partial charge < -0.3 is 14.8 Å². The lowest BCUT2D eigenvalue weighted by Gasteiger charge is -2.14. The van der Waals surface area contributed by atoms with E-state index in [1.165, 1.54) is 13.2 Å². The number of benzene rings is 3. The molecule has 0 aliphatic rings. The summed E-state index contributed by atoms with van der Waals surface area (Å²) in [7, 11) is 1.51. The lowest BCUT2D eigenvalue weighted by Crippen LogP contribution is -2.13. The molecular weight excluding hydrogens is 424 g/mol. The number of nitrogens with one attached hydrogen (secondary N) is 1. The summed E-state index contributed by atoms with van der Waals surface area (Å²) in [6.07, 6.45) is 1.46. The van der Waals surface area contributed by atoms with Crippen molar-refractivity contribution in [1.82, 2.24) is 0 Å². The van der Waals surface area contributed by atoms with Crippen LogP contribution in [0.1, 0.15) is 22.3 Å². The first-order valence-corrected chi connectivity index (χ1v) is 10.3. The van der Waals surface area contributed by atoms with Gasteiger partial charge >= 0.3 is 0 Å². The predicted molar refractivity (Wildman–Crippen MR) is 127 cm³/mol. The number of carbonyl (C=O) groups is 1. The molecule has 0 bridgehead atoms. The number of amides is 1. The Hall–Kier alpha value is -3.75. The van der Waals surface area contributed by atoms with Crippen molar-refractivity contribution in [3.8, 4) is 17.6 Å². The number of nitriles is 1. The maximum atomic E-state index is 12.5. The predicted octanol–water partition coefficient (Wildman–Crippen LogP) is 6.09. The Morgan fingerprint density at radius 3 is 2.50 bits per heavy atom. The van der Waals surface area contributed by atoms with Crippen molar-refractivity contribution in [2.45, 2.75) is 20.5 Å². The number of ether oxygens (including phenoxy) is 2. The molecule has 0 aliphatic heterocycles. The van der Waals surface area contributed by atoms with Crippen molar-refractivity contribution < 1.29 is 14.3 Å². The van der Waals surface area contributed by atoms with E-state index in [9.17, 15) is 10.1 Å². The highest BCUT2D eigenvalue weighted by Crippen LogP contribution is 2.37. The Bertz CT molecular complexity index is 1190. The van der Waals surface area contributed by atoms with Crippen LogP contribution in [0.4, 0.5) is 5.69 Å². The molecule has 0 atom stereocenters. The van der Waals surface area contributed by atoms with Gasteiger partial charge in [0.1, 0.15) is 18.2 Å². The Kier molecular flexibility index (Phi) is 7.54. The lowest BCUT2D eigenvalue weighted by molar-refractivity contribution is -0.112. The van der Waals surface area contributed by atoms with Gasteiger partial charge in [0, 0.05) is 5.69 Å². The summed E-state index contributed by atoms with van der Waals surface area (Å²) < 4.78 is 11.3. The van der Waals surface area contributed by atoms with E-state index in [1.54, 1.807) is 24.3 Å². The fraction of sp³-hybridized carbons (Fsp3) is 0.154. The van der Waals surface area contributed by atoms with Crippen LogP contribution in [0.5, 0.6) is 11.5 Å². The van der Waals surface area contributed by atoms with E-state index in [0.29, 0.717) is 34.4 Å². The van der Waals surface area contributed by atoms with Crippen LogP contribution in [0.2, 0.25) is 5.02 Å². The maximum absolute atomic E-state index is 12.5. The third-order valence-electron chi connectivity index (χ3n) is 4.70. The summed E-state index contributed by atoms with van der Waals surface area (Å²) in [6.45, 7) is 4.30. The monoisotopic (exact) mass is 446 g/mol. The van der Waals surface area contributed by atoms with Crippen LogP contribution < -0.4 is 14.8 Å². The van der Waals surface area contributed by atoms with E-state index >= 15 is 0 Å². The second kappa shape index (κ2) is 10.5. The largest absolute Gasteiger partial charge is 0.493 e. The van der Waals surface area contributed by atoms with E-state index in [-0.39, 0.29) is 5.57 Å². The number of hydrogen-bond acceptors (Lipinski definition) is 4. The van der Waals surface area contributed by atoms with Crippen molar-refractivity contribution in [1.29, 1.82) is 5.26 Å². The summed E-state index contributed by atoms with van der Waals surface area (Å²) in [5, 5.41) is 12.5. The molecule has 0 aromatic heterocycles. The molecule has 0 aliphatic carbocycles. The van der Waals surface area contributed by atoms with Crippen LogP contribution in [0.15, 0.2) is 66.2 Å². The van der Waals surface area contributed by atoms with Gasteiger partial charge in [0.05, 0.1) is 12.1 Å². The molecule has 1 amide bonds. The normalized spacial score (nSPS) is 10.9. The second-order valence-electron chi connectivity index (χ2n) is 7.30. The number of anilines is 1. The summed E-state index contributed by atoms with van der Waals surface area (Å²) in [6, 6.07) is 20.5. The second-order valence-corrected chi connectivity index (χ2v) is 7.71. The third-order valence-corrected chi connectivity index (χ3v) is 4.98. The lowest BCUT2D eigenvalue weighted by atomic mass is 10.1. The van der Waals surface area contributed by atoms with Gasteiger partial charge in [-0.05, 0) is 55.3 Å². The molecule has 3 aromatic rings. The highest BCUT2D eigenvalue weighted by atomic mass is 35.5. The SMILES string of the molecule is COc1cc(/C=C(\C#N)C(=O)Nc2ccc(C)cc2)cc(Cl)c1OCc1cccc(C)c1. The van der Waals surface area contributed by atoms with Crippen LogP contribution in [0, 0.1) is 25.2 Å². The zero-order valence-electron chi connectivity index (χ0n) is 18.1. The van der Waals surface area contributed by atoms with Gasteiger partial charge in [-0.25, -0.2) is 0 Å². The summed E-state index contributed by atoms with van der Waals surface area (Å²) in [5.74, 6) is 0.300. The third kappa shape index (κ3) is 5.90. The zero-order valence-corrected chi connectivity index (χ0v) is 18.9. The molecule has 5 nitrogen and oxygen atoms in total. The van der Waals surface area contributed by atoms with Crippen LogP contribution in [-0.4, -0.2) is 13.0 Å². The van der Waals surface area contributed by atoms with E-state index < -0.39 is 5.91 Å². The number of carbonyl (C=O) groups excluding carboxylic acids is 1. The van der Waals surface area contributed by atoms with Gasteiger partial charge in [0.2, 0.25) is 0 Å². The summed E-state index contributed by atoms with van der Waals surface area (Å²) in [4.78, 5) is 12.5. The zero-order chi connectivity index (χ0) is 23.1. The number of nitrogens with zero attached hydrogens (tertiary/aromatic N) is 1. The van der Waals surface area contributed by atoms with E-state index in [4.69, 9.17) is 21.1 Å². The van der Waals surface area contributed by atoms with Gasteiger partial charge in [0.25, 0.3) is 5.91 Å². The minimum Gasteiger partial charge on any atom is -0.493 e. The summed E-state index contributed by atoms with van der Waals surface area (Å²) >= 11 is 6.44. The van der Waals surface area contributed by atoms with Gasteiger partial charge in [0.15, 0.2) is 11.5 Å². The molecule has 162 valence electrons. The Balaban J connectivity index is 1.81. The first-order chi connectivity index (χ1) is 15.4. The molecule has 0 heterocycles. The highest BCUT2D eigenvalue weighted by Gasteiger charge is 2.14. The fourth-order valence-corrected chi connectivity index (χ4v) is 3.34. The quantitative estimate of drug-likeness (QED) is 0.352. The van der Waals surface area contributed by atoms with Crippen molar-refractivity contribution in [2.24, 2.45) is 0 Å². The van der Waals surface area contributed by atoms with Crippen LogP contribution >= 0.6 is 11.6 Å². The van der Waals surface area contributed by atoms with Crippen molar-refractivity contribution in [2.75, 3.05) is 12.4 Å². The average Bonchev–Trinajstić information content (AvgIpc) is 2.77. The fourth-order valence-electron chi connectivity index (χ4n) is 3.07. The minimum atomic E-state index is -0.508. The van der Waals surface area contributed by atoms with Gasteiger partial charge in [-0.1, -0.05) is 59.1 Å². The topological polar surface area (TPSA) is 71.3 Å². The number of hydrogen-bond donors (Lipinski definition) is 1. The maximum Gasteiger partial charge on any atom is 0.266 e. The Morgan fingerprint density at radius 1 is 1.09 bits per heavy atom. The van der Waals surface area contributed by atoms with Crippen molar-refractivity contribution in [3.63, 3.8) is 0 Å². The van der Waals surface area contributed by atoms with E-state index in [0.717, 1.165) is 16.7 Å². The molecule has 3 rings (SSSR count). The highest BCUT2D eigenvalue weighted by molar-refractivity contribution is 6.32. The molecular formula is C26H23ClN2O3. The van der Waals surface area contributed by atoms with Gasteiger partial charge in [-0.3, -0.25) is 4.79 Å². The van der Waals surface area contributed by atoms with Crippen LogP contribution in [-0.2, 0) is 11.4 Å². The Labute approximate surface area is 192 Å². The first-order valence-electron chi connectivity index (χ1n) is 9.95. The van der Waals surface area contributed by atoms with Gasteiger partial charge in [-0.2, -0.15) is 5.26 Å². The van der Waals surface area contributed by atoms with E-state index in [2.05, 4.69) is 5.32 Å². The molecule has 0 radical (unpaired) electrons.